The summed E-state index contributed by atoms with van der Waals surface area (Å²) in [6, 6.07) is 0. The molecule has 0 aliphatic carbocycles. The lowest BCUT2D eigenvalue weighted by atomic mass is 9.92. The molecule has 0 aromatic carbocycles. The Morgan fingerprint density at radius 3 is 0.579 bits per heavy atom. The van der Waals surface area contributed by atoms with Crippen molar-refractivity contribution in [1.82, 2.24) is 0 Å². The SMILES string of the molecule is CC(C)(C(F)(F)F)C(F)(F)F.CC(C)(C)C(F)(F)F.CC(C)C(C)C.CCC(C)(C)C.CCC(C)(C)C.CCC(C)C.CCC(C)C(F)(F)F.CCC(C)CC.CCCC(C(F)(F)F)C(F)(F)F.CCCCC.CCCCCC(F)(F)F.CCC[C@H](C)C(F)(F)F.C[C@@H](CCC(F)(F)F)C(F)(F)F.[2H]C(C)(C)C. The zero-order valence-electron chi connectivity index (χ0n) is 72.9. The van der Waals surface area contributed by atoms with Crippen molar-refractivity contribution in [1.29, 1.82) is 0 Å². The lowest BCUT2D eigenvalue weighted by Gasteiger charge is -2.29. The standard InChI is InChI=1S/2C6H8F6.2C6H11F3.4C6H14.C5H6F6.2C5H9F3.2C5H12.C4H10/c1-4(6(10,11)12)2-3-5(7,8)9;1-2-3-4(5(7,8)9)6(10,11)12;1-3-4-5(2)6(7,8)9;1-2-3-4-5-6(7,8)9;2*1-5-6(2,3)4;1-5(2)6(3)4;1-4-6(3)5-2;1-3(2,4(6,7)8)5(9,10)11;1-4(2,3)5(6,7)8;1-3-4(2)5(6,7)8;1-4-5(2)3;1-3-5-4-2;1-4(2)3/h2*4H,2-3H2,1H3;5H,3-4H2,1-2H3;2-5H2,1H3;2*5H2,1-4H3;5-6H,1-4H3;6H,4-5H2,1-3H3;1-2H3;1-3H3;4H,3H2,1-2H3;5H,4H2,1-3H3;3-5H2,1-2H3;4H,1-3H3/t4-;;5-;;;;;;;;;;;/m0.0.........../s1/i;;;;;;;;;;;;;4D. The second-order valence-electron chi connectivity index (χ2n) is 31.4. The molecule has 1 unspecified atom stereocenters. The summed E-state index contributed by atoms with van der Waals surface area (Å²) in [7, 11) is 0. The van der Waals surface area contributed by atoms with Crippen molar-refractivity contribution >= 4 is 0 Å². The van der Waals surface area contributed by atoms with E-state index in [4.69, 9.17) is 1.37 Å². The van der Waals surface area contributed by atoms with Crippen LogP contribution < -0.4 is 0 Å². The average Bonchev–Trinajstić information content (AvgIpc) is 0.794. The van der Waals surface area contributed by atoms with Crippen LogP contribution in [-0.2, 0) is 0 Å². The lowest BCUT2D eigenvalue weighted by molar-refractivity contribution is -0.327. The fraction of sp³-hybridized carbons (Fsp3) is 1.00. The molecule has 107 heavy (non-hydrogen) atoms. The van der Waals surface area contributed by atoms with Crippen LogP contribution in [0.4, 0.5) is 132 Å². The zero-order valence-corrected chi connectivity index (χ0v) is 71.9. The maximum absolute atomic E-state index is 11.7. The van der Waals surface area contributed by atoms with Gasteiger partial charge >= 0.3 is 61.8 Å². The first-order chi connectivity index (χ1) is 46.9. The summed E-state index contributed by atoms with van der Waals surface area (Å²) in [5, 5.41) is 0. The van der Waals surface area contributed by atoms with E-state index in [9.17, 15) is 132 Å². The van der Waals surface area contributed by atoms with Crippen molar-refractivity contribution in [3.63, 3.8) is 0 Å². The molecule has 0 amide bonds. The minimum Gasteiger partial charge on any atom is -0.171 e. The van der Waals surface area contributed by atoms with Crippen molar-refractivity contribution in [2.75, 3.05) is 0 Å². The molecule has 670 valence electrons. The molecule has 0 aliphatic rings. The Morgan fingerprint density at radius 2 is 0.505 bits per heavy atom. The van der Waals surface area contributed by atoms with Crippen LogP contribution in [0.5, 0.6) is 0 Å². The van der Waals surface area contributed by atoms with Gasteiger partial charge in [-0.2, -0.15) is 132 Å². The van der Waals surface area contributed by atoms with E-state index in [1.54, 1.807) is 6.92 Å². The normalized spacial score (nSPS) is 13.5. The van der Waals surface area contributed by atoms with Gasteiger partial charge in [0.2, 0.25) is 0 Å². The molecule has 0 aromatic rings. The lowest BCUT2D eigenvalue weighted by Crippen LogP contribution is -2.44. The molecule has 0 aliphatic heterocycles. The molecule has 0 saturated carbocycles. The number of unbranched alkanes of at least 4 members (excludes halogenated alkanes) is 4. The number of alkyl halides is 30. The van der Waals surface area contributed by atoms with Crippen LogP contribution in [0.3, 0.4) is 0 Å². The molecular weight excluding hydrogens is 1490 g/mol. The van der Waals surface area contributed by atoms with Crippen LogP contribution in [0.25, 0.3) is 0 Å². The van der Waals surface area contributed by atoms with E-state index >= 15 is 0 Å². The highest BCUT2D eigenvalue weighted by atomic mass is 19.5. The van der Waals surface area contributed by atoms with Crippen LogP contribution in [0, 0.1) is 74.9 Å². The largest absolute Gasteiger partial charge is 0.402 e. The van der Waals surface area contributed by atoms with Gasteiger partial charge in [0.15, 0.2) is 11.3 Å². The number of hydrogen-bond acceptors (Lipinski definition) is 0. The van der Waals surface area contributed by atoms with E-state index in [1.807, 2.05) is 27.7 Å². The molecule has 0 nitrogen and oxygen atoms in total. The summed E-state index contributed by atoms with van der Waals surface area (Å²) in [6.07, 6.45) is -36.4. The molecule has 0 spiro atoms. The van der Waals surface area contributed by atoms with Crippen LogP contribution in [-0.4, -0.2) is 61.8 Å². The topological polar surface area (TPSA) is 0 Å². The Kier molecular flexibility index (Phi) is 84.3. The molecule has 0 fully saturated rings. The number of rotatable bonds is 16. The van der Waals surface area contributed by atoms with Crippen molar-refractivity contribution in [3.05, 3.63) is 0 Å². The Labute approximate surface area is 632 Å². The third-order valence-electron chi connectivity index (χ3n) is 14.9. The highest BCUT2D eigenvalue weighted by Gasteiger charge is 2.64. The van der Waals surface area contributed by atoms with Gasteiger partial charge in [-0.25, -0.2) is 0 Å². The first kappa shape index (κ1) is 134. The van der Waals surface area contributed by atoms with Gasteiger partial charge in [-0.1, -0.05) is 306 Å². The Hall–Kier alpha value is -2.10. The zero-order chi connectivity index (χ0) is 91.6. The molecule has 0 rings (SSSR count). The monoisotopic (exact) mass is 1650 g/mol. The minimum absolute atomic E-state index is 0.104. The molecule has 30 heteroatoms. The fourth-order valence-electron chi connectivity index (χ4n) is 3.55. The summed E-state index contributed by atoms with van der Waals surface area (Å²) < 4.78 is 354. The van der Waals surface area contributed by atoms with Crippen molar-refractivity contribution < 1.29 is 133 Å². The van der Waals surface area contributed by atoms with E-state index in [2.05, 4.69) is 138 Å². The summed E-state index contributed by atoms with van der Waals surface area (Å²) in [4.78, 5) is 0. The van der Waals surface area contributed by atoms with Gasteiger partial charge in [-0.15, -0.1) is 0 Å². The molecule has 3 atom stereocenters. The molecule has 0 saturated heterocycles. The maximum atomic E-state index is 11.7. The Balaban J connectivity index is -0.0000000741. The van der Waals surface area contributed by atoms with E-state index in [0.29, 0.717) is 23.7 Å². The van der Waals surface area contributed by atoms with Gasteiger partial charge in [0.1, 0.15) is 0 Å². The van der Waals surface area contributed by atoms with E-state index < -0.39 is 122 Å². The molecule has 0 aromatic heterocycles. The summed E-state index contributed by atoms with van der Waals surface area (Å²) in [5.74, 6) is -4.07. The van der Waals surface area contributed by atoms with Crippen LogP contribution >= 0.6 is 0 Å². The van der Waals surface area contributed by atoms with Crippen molar-refractivity contribution in [2.24, 2.45) is 74.9 Å². The summed E-state index contributed by atoms with van der Waals surface area (Å²) in [6.45, 7) is 63.4. The smallest absolute Gasteiger partial charge is 0.171 e. The van der Waals surface area contributed by atoms with Gasteiger partial charge in [-0.3, -0.25) is 0 Å². The predicted octanol–water partition coefficient (Wildman–Crippen LogP) is 37.0. The van der Waals surface area contributed by atoms with Crippen LogP contribution in [0.15, 0.2) is 0 Å². The average molecular weight is 1650 g/mol. The van der Waals surface area contributed by atoms with E-state index in [-0.39, 0.29) is 45.4 Å². The maximum Gasteiger partial charge on any atom is 0.402 e. The Bertz CT molecular complexity index is 1760. The first-order valence-electron chi connectivity index (χ1n) is 37.5. The summed E-state index contributed by atoms with van der Waals surface area (Å²) in [5.41, 5.74) is -4.10. The molecule has 0 radical (unpaired) electrons. The van der Waals surface area contributed by atoms with Gasteiger partial charge in [0, 0.05) is 14.2 Å². The van der Waals surface area contributed by atoms with E-state index in [1.165, 1.54) is 79.1 Å². The van der Waals surface area contributed by atoms with Gasteiger partial charge in [0.05, 0.1) is 23.2 Å². The predicted molar refractivity (Wildman–Crippen MR) is 388 cm³/mol. The first-order valence-corrected chi connectivity index (χ1v) is 37.0. The third-order valence-corrected chi connectivity index (χ3v) is 14.9. The van der Waals surface area contributed by atoms with Gasteiger partial charge in [-0.05, 0) is 86.3 Å². The van der Waals surface area contributed by atoms with E-state index in [0.717, 1.165) is 57.8 Å². The highest BCUT2D eigenvalue weighted by Crippen LogP contribution is 2.49. The van der Waals surface area contributed by atoms with Gasteiger partial charge < -0.3 is 0 Å². The number of hydrogen-bond donors (Lipinski definition) is 0. The summed E-state index contributed by atoms with van der Waals surface area (Å²) >= 11 is 0. The third kappa shape index (κ3) is 125. The minimum atomic E-state index is -5.24. The Morgan fingerprint density at radius 1 is 0.271 bits per heavy atom. The quantitative estimate of drug-likeness (QED) is 0.107. The van der Waals surface area contributed by atoms with Crippen LogP contribution in [0.2, 0.25) is 0 Å². The molecule has 0 N–H and O–H groups in total. The second kappa shape index (κ2) is 67.3. The van der Waals surface area contributed by atoms with Crippen molar-refractivity contribution in [2.45, 2.75) is 426 Å². The van der Waals surface area contributed by atoms with Crippen LogP contribution in [0.1, 0.15) is 366 Å². The fourth-order valence-corrected chi connectivity index (χ4v) is 3.55. The van der Waals surface area contributed by atoms with Gasteiger partial charge in [0.25, 0.3) is 0 Å². The number of halogens is 30. The molecule has 0 bridgehead atoms. The molecule has 0 heterocycles. The highest BCUT2D eigenvalue weighted by molar-refractivity contribution is 4.84. The van der Waals surface area contributed by atoms with Crippen molar-refractivity contribution in [3.8, 4) is 0 Å². The molecular formula is C77H152F30. The second-order valence-corrected chi connectivity index (χ2v) is 31.4.